The molecule has 0 aliphatic heterocycles. The van der Waals surface area contributed by atoms with Crippen LogP contribution in [0.15, 0.2) is 6.20 Å². The molecule has 1 aromatic heterocycles. The van der Waals surface area contributed by atoms with Crippen LogP contribution in [-0.4, -0.2) is 20.6 Å². The molecular formula is C8H13N5O3. The van der Waals surface area contributed by atoms with Gasteiger partial charge in [0, 0.05) is 6.42 Å². The number of rotatable bonds is 5. The lowest BCUT2D eigenvalue weighted by Gasteiger charge is -1.97. The number of carbonyl (C=O) groups is 1. The Kier molecular flexibility index (Phi) is 3.95. The molecule has 0 aliphatic carbocycles. The molecule has 0 unspecified atom stereocenters. The van der Waals surface area contributed by atoms with E-state index in [9.17, 15) is 14.9 Å². The summed E-state index contributed by atoms with van der Waals surface area (Å²) in [5.41, 5.74) is 2.52. The maximum absolute atomic E-state index is 10.8. The quantitative estimate of drug-likeness (QED) is 0.314. The molecule has 0 spiro atoms. The minimum atomic E-state index is -0.529. The van der Waals surface area contributed by atoms with Gasteiger partial charge in [-0.1, -0.05) is 0 Å². The monoisotopic (exact) mass is 227 g/mol. The molecule has 8 nitrogen and oxygen atoms in total. The highest BCUT2D eigenvalue weighted by molar-refractivity contribution is 5.74. The summed E-state index contributed by atoms with van der Waals surface area (Å²) in [6, 6.07) is 0. The summed E-state index contributed by atoms with van der Waals surface area (Å²) in [5.74, 6) is 4.49. The summed E-state index contributed by atoms with van der Waals surface area (Å²) >= 11 is 0. The first-order chi connectivity index (χ1) is 7.54. The van der Waals surface area contributed by atoms with Gasteiger partial charge in [-0.05, 0) is 18.3 Å². The molecule has 0 aliphatic rings. The van der Waals surface area contributed by atoms with Crippen molar-refractivity contribution in [2.24, 2.45) is 5.84 Å². The molecule has 0 radical (unpaired) electrons. The first-order valence-corrected chi connectivity index (χ1v) is 4.72. The molecule has 0 aromatic carbocycles. The zero-order valence-electron chi connectivity index (χ0n) is 8.84. The summed E-state index contributed by atoms with van der Waals surface area (Å²) in [4.78, 5) is 20.8. The largest absolute Gasteiger partial charge is 0.392 e. The summed E-state index contributed by atoms with van der Waals surface area (Å²) in [7, 11) is 0. The SMILES string of the molecule is Cc1cn(CCCC(=O)NN)nc1[N+](=O)[O-]. The lowest BCUT2D eigenvalue weighted by atomic mass is 10.3. The van der Waals surface area contributed by atoms with E-state index in [1.54, 1.807) is 13.1 Å². The Labute approximate surface area is 91.5 Å². The van der Waals surface area contributed by atoms with Crippen LogP contribution in [0, 0.1) is 17.0 Å². The van der Waals surface area contributed by atoms with Crippen LogP contribution in [-0.2, 0) is 11.3 Å². The van der Waals surface area contributed by atoms with Crippen LogP contribution in [0.2, 0.25) is 0 Å². The predicted molar refractivity (Wildman–Crippen MR) is 55.2 cm³/mol. The molecule has 88 valence electrons. The molecule has 0 atom stereocenters. The number of hydrogen-bond donors (Lipinski definition) is 2. The normalized spacial score (nSPS) is 10.1. The highest BCUT2D eigenvalue weighted by Crippen LogP contribution is 2.14. The molecule has 8 heteroatoms. The maximum Gasteiger partial charge on any atom is 0.392 e. The molecule has 1 rings (SSSR count). The molecule has 1 heterocycles. The number of amides is 1. The summed E-state index contributed by atoms with van der Waals surface area (Å²) in [6.07, 6.45) is 2.38. The standard InChI is InChI=1S/C8H13N5O3/c1-6-5-12(11-8(6)13(15)16)4-2-3-7(14)10-9/h5H,2-4,9H2,1H3,(H,10,14). The van der Waals surface area contributed by atoms with E-state index in [4.69, 9.17) is 5.84 Å². The fourth-order valence-corrected chi connectivity index (χ4v) is 1.28. The molecule has 16 heavy (non-hydrogen) atoms. The molecule has 0 saturated carbocycles. The molecular weight excluding hydrogens is 214 g/mol. The molecule has 3 N–H and O–H groups in total. The maximum atomic E-state index is 10.8. The fraction of sp³-hybridized carbons (Fsp3) is 0.500. The number of hydrazine groups is 1. The Hall–Kier alpha value is -1.96. The van der Waals surface area contributed by atoms with Crippen LogP contribution in [0.25, 0.3) is 0 Å². The summed E-state index contributed by atoms with van der Waals surface area (Å²) in [6.45, 7) is 2.07. The zero-order chi connectivity index (χ0) is 12.1. The number of aromatic nitrogens is 2. The van der Waals surface area contributed by atoms with E-state index < -0.39 is 4.92 Å². The van der Waals surface area contributed by atoms with Crippen molar-refractivity contribution in [3.8, 4) is 0 Å². The summed E-state index contributed by atoms with van der Waals surface area (Å²) in [5, 5.41) is 14.3. The Morgan fingerprint density at radius 1 is 1.75 bits per heavy atom. The van der Waals surface area contributed by atoms with E-state index in [1.807, 2.05) is 5.43 Å². The van der Waals surface area contributed by atoms with Crippen LogP contribution in [0.1, 0.15) is 18.4 Å². The van der Waals surface area contributed by atoms with Gasteiger partial charge in [0.05, 0.1) is 23.4 Å². The topological polar surface area (TPSA) is 116 Å². The molecule has 0 saturated heterocycles. The van der Waals surface area contributed by atoms with Crippen molar-refractivity contribution in [3.63, 3.8) is 0 Å². The third kappa shape index (κ3) is 3.02. The van der Waals surface area contributed by atoms with Gasteiger partial charge in [-0.3, -0.25) is 10.2 Å². The number of nitro groups is 1. The Balaban J connectivity index is 2.52. The average molecular weight is 227 g/mol. The second-order valence-electron chi connectivity index (χ2n) is 3.33. The van der Waals surface area contributed by atoms with Crippen molar-refractivity contribution < 1.29 is 9.72 Å². The highest BCUT2D eigenvalue weighted by atomic mass is 16.6. The van der Waals surface area contributed by atoms with Gasteiger partial charge >= 0.3 is 5.82 Å². The van der Waals surface area contributed by atoms with Crippen LogP contribution in [0.5, 0.6) is 0 Å². The highest BCUT2D eigenvalue weighted by Gasteiger charge is 2.16. The molecule has 1 amide bonds. The van der Waals surface area contributed by atoms with Crippen molar-refractivity contribution in [3.05, 3.63) is 21.9 Å². The van der Waals surface area contributed by atoms with Gasteiger partial charge in [-0.15, -0.1) is 0 Å². The first kappa shape index (κ1) is 12.1. The Morgan fingerprint density at radius 3 is 2.94 bits per heavy atom. The molecule has 1 aromatic rings. The first-order valence-electron chi connectivity index (χ1n) is 4.72. The van der Waals surface area contributed by atoms with Crippen LogP contribution >= 0.6 is 0 Å². The van der Waals surface area contributed by atoms with Crippen LogP contribution in [0.3, 0.4) is 0 Å². The number of nitrogens with one attached hydrogen (secondary N) is 1. The van der Waals surface area contributed by atoms with E-state index in [-0.39, 0.29) is 18.1 Å². The lowest BCUT2D eigenvalue weighted by Crippen LogP contribution is -2.29. The van der Waals surface area contributed by atoms with Crippen molar-refractivity contribution >= 4 is 11.7 Å². The average Bonchev–Trinajstić information content (AvgIpc) is 2.59. The smallest absolute Gasteiger partial charge is 0.358 e. The van der Waals surface area contributed by atoms with Crippen molar-refractivity contribution in [2.75, 3.05) is 0 Å². The second-order valence-corrected chi connectivity index (χ2v) is 3.33. The number of nitrogens with zero attached hydrogens (tertiary/aromatic N) is 3. The molecule has 0 bridgehead atoms. The fourth-order valence-electron chi connectivity index (χ4n) is 1.28. The minimum Gasteiger partial charge on any atom is -0.358 e. The summed E-state index contributed by atoms with van der Waals surface area (Å²) < 4.78 is 1.46. The van der Waals surface area contributed by atoms with Crippen molar-refractivity contribution in [1.29, 1.82) is 0 Å². The third-order valence-electron chi connectivity index (χ3n) is 2.04. The van der Waals surface area contributed by atoms with Gasteiger partial charge < -0.3 is 10.1 Å². The Morgan fingerprint density at radius 2 is 2.44 bits per heavy atom. The number of aryl methyl sites for hydroxylation is 2. The van der Waals surface area contributed by atoms with Crippen LogP contribution in [0.4, 0.5) is 5.82 Å². The van der Waals surface area contributed by atoms with Crippen LogP contribution < -0.4 is 11.3 Å². The van der Waals surface area contributed by atoms with Crippen molar-refractivity contribution in [1.82, 2.24) is 15.2 Å². The van der Waals surface area contributed by atoms with Gasteiger partial charge in [0.25, 0.3) is 0 Å². The third-order valence-corrected chi connectivity index (χ3v) is 2.04. The van der Waals surface area contributed by atoms with E-state index in [2.05, 4.69) is 5.10 Å². The Bertz CT molecular complexity index is 400. The van der Waals surface area contributed by atoms with Gasteiger partial charge in [0.2, 0.25) is 5.91 Å². The lowest BCUT2D eigenvalue weighted by molar-refractivity contribution is -0.390. The van der Waals surface area contributed by atoms with Gasteiger partial charge in [0.1, 0.15) is 0 Å². The van der Waals surface area contributed by atoms with Gasteiger partial charge in [0.15, 0.2) is 0 Å². The van der Waals surface area contributed by atoms with E-state index in [0.717, 1.165) is 0 Å². The zero-order valence-corrected chi connectivity index (χ0v) is 8.84. The number of hydrogen-bond acceptors (Lipinski definition) is 5. The van der Waals surface area contributed by atoms with Crippen molar-refractivity contribution in [2.45, 2.75) is 26.3 Å². The van der Waals surface area contributed by atoms with E-state index in [0.29, 0.717) is 18.5 Å². The van der Waals surface area contributed by atoms with Gasteiger partial charge in [-0.25, -0.2) is 5.84 Å². The second kappa shape index (κ2) is 5.21. The predicted octanol–water partition coefficient (Wildman–Crippen LogP) is -0.130. The van der Waals surface area contributed by atoms with Gasteiger partial charge in [-0.2, -0.15) is 4.68 Å². The number of nitrogens with two attached hydrogens (primary N) is 1. The van der Waals surface area contributed by atoms with E-state index >= 15 is 0 Å². The minimum absolute atomic E-state index is 0.150. The van der Waals surface area contributed by atoms with E-state index in [1.165, 1.54) is 4.68 Å². The number of carbonyl (C=O) groups excluding carboxylic acids is 1. The molecule has 0 fully saturated rings.